The molecule has 3 heteroatoms. The summed E-state index contributed by atoms with van der Waals surface area (Å²) in [6, 6.07) is 1.97. The zero-order chi connectivity index (χ0) is 12.5. The van der Waals surface area contributed by atoms with Crippen molar-refractivity contribution in [1.29, 1.82) is 0 Å². The predicted octanol–water partition coefficient (Wildman–Crippen LogP) is 4.49. The Bertz CT molecular complexity index is 315. The molecular weight excluding hydrogens is 232 g/mol. The summed E-state index contributed by atoms with van der Waals surface area (Å²) >= 11 is 6.06. The van der Waals surface area contributed by atoms with E-state index in [9.17, 15) is 0 Å². The van der Waals surface area contributed by atoms with Gasteiger partial charge in [-0.15, -0.1) is 0 Å². The molecule has 1 heterocycles. The maximum absolute atomic E-state index is 6.12. The van der Waals surface area contributed by atoms with E-state index in [-0.39, 0.29) is 6.04 Å². The van der Waals surface area contributed by atoms with E-state index in [0.29, 0.717) is 5.02 Å². The fourth-order valence-electron chi connectivity index (χ4n) is 1.99. The van der Waals surface area contributed by atoms with Crippen LogP contribution in [0.25, 0.3) is 0 Å². The SMILES string of the molecule is CCCCCCCCC(N)c1ccncc1Cl. The number of pyridine rings is 1. The summed E-state index contributed by atoms with van der Waals surface area (Å²) in [5, 5.41) is 0.686. The lowest BCUT2D eigenvalue weighted by Crippen LogP contribution is -2.10. The maximum atomic E-state index is 6.12. The Morgan fingerprint density at radius 2 is 1.94 bits per heavy atom. The Morgan fingerprint density at radius 1 is 1.24 bits per heavy atom. The average Bonchev–Trinajstić information content (AvgIpc) is 2.34. The Balaban J connectivity index is 2.21. The first-order valence-corrected chi connectivity index (χ1v) is 6.98. The van der Waals surface area contributed by atoms with Gasteiger partial charge in [0.05, 0.1) is 5.02 Å². The molecule has 96 valence electrons. The minimum Gasteiger partial charge on any atom is -0.324 e. The second-order valence-electron chi connectivity index (χ2n) is 4.56. The second-order valence-corrected chi connectivity index (χ2v) is 4.97. The van der Waals surface area contributed by atoms with E-state index in [1.54, 1.807) is 12.4 Å². The van der Waals surface area contributed by atoms with Crippen LogP contribution in [0.5, 0.6) is 0 Å². The topological polar surface area (TPSA) is 38.9 Å². The lowest BCUT2D eigenvalue weighted by molar-refractivity contribution is 0.547. The highest BCUT2D eigenvalue weighted by atomic mass is 35.5. The molecule has 2 N–H and O–H groups in total. The van der Waals surface area contributed by atoms with Gasteiger partial charge < -0.3 is 5.73 Å². The number of nitrogens with zero attached hydrogens (tertiary/aromatic N) is 1. The van der Waals surface area contributed by atoms with E-state index in [1.165, 1.54) is 38.5 Å². The number of nitrogens with two attached hydrogens (primary N) is 1. The first-order chi connectivity index (χ1) is 8.25. The molecule has 0 aliphatic rings. The van der Waals surface area contributed by atoms with Crippen LogP contribution in [-0.4, -0.2) is 4.98 Å². The highest BCUT2D eigenvalue weighted by Crippen LogP contribution is 2.24. The second kappa shape index (κ2) is 8.48. The van der Waals surface area contributed by atoms with Crippen LogP contribution in [0.2, 0.25) is 5.02 Å². The van der Waals surface area contributed by atoms with Crippen LogP contribution in [0.4, 0.5) is 0 Å². The van der Waals surface area contributed by atoms with Gasteiger partial charge in [0.2, 0.25) is 0 Å². The van der Waals surface area contributed by atoms with Crippen molar-refractivity contribution in [3.05, 3.63) is 29.0 Å². The number of rotatable bonds is 8. The minimum atomic E-state index is 0.0525. The van der Waals surface area contributed by atoms with Gasteiger partial charge in [0.15, 0.2) is 0 Å². The molecular formula is C14H23ClN2. The fraction of sp³-hybridized carbons (Fsp3) is 0.643. The van der Waals surface area contributed by atoms with Gasteiger partial charge in [0.1, 0.15) is 0 Å². The summed E-state index contributed by atoms with van der Waals surface area (Å²) in [6.45, 7) is 2.24. The molecule has 0 amide bonds. The summed E-state index contributed by atoms with van der Waals surface area (Å²) in [5.41, 5.74) is 7.15. The number of hydrogen-bond donors (Lipinski definition) is 1. The Hall–Kier alpha value is -0.600. The van der Waals surface area contributed by atoms with E-state index in [2.05, 4.69) is 11.9 Å². The third-order valence-electron chi connectivity index (χ3n) is 3.07. The van der Waals surface area contributed by atoms with E-state index in [0.717, 1.165) is 12.0 Å². The molecule has 0 saturated carbocycles. The molecule has 0 aliphatic carbocycles. The monoisotopic (exact) mass is 254 g/mol. The molecule has 0 bridgehead atoms. The lowest BCUT2D eigenvalue weighted by atomic mass is 10.0. The first-order valence-electron chi connectivity index (χ1n) is 6.60. The zero-order valence-electron chi connectivity index (χ0n) is 10.7. The molecule has 1 unspecified atom stereocenters. The largest absolute Gasteiger partial charge is 0.324 e. The van der Waals surface area contributed by atoms with Crippen molar-refractivity contribution in [2.45, 2.75) is 57.9 Å². The van der Waals surface area contributed by atoms with Crippen molar-refractivity contribution >= 4 is 11.6 Å². The van der Waals surface area contributed by atoms with Crippen LogP contribution in [-0.2, 0) is 0 Å². The van der Waals surface area contributed by atoms with Gasteiger partial charge in [-0.05, 0) is 18.1 Å². The molecule has 0 aliphatic heterocycles. The molecule has 0 aromatic carbocycles. The van der Waals surface area contributed by atoms with Gasteiger partial charge in [-0.2, -0.15) is 0 Å². The zero-order valence-corrected chi connectivity index (χ0v) is 11.4. The van der Waals surface area contributed by atoms with E-state index >= 15 is 0 Å². The highest BCUT2D eigenvalue weighted by Gasteiger charge is 2.09. The van der Waals surface area contributed by atoms with Gasteiger partial charge in [0, 0.05) is 18.4 Å². The molecule has 1 rings (SSSR count). The minimum absolute atomic E-state index is 0.0525. The number of aromatic nitrogens is 1. The summed E-state index contributed by atoms with van der Waals surface area (Å²) in [4.78, 5) is 3.97. The third-order valence-corrected chi connectivity index (χ3v) is 3.39. The molecule has 0 saturated heterocycles. The Kier molecular flexibility index (Phi) is 7.22. The molecule has 1 aromatic heterocycles. The van der Waals surface area contributed by atoms with Crippen molar-refractivity contribution in [3.63, 3.8) is 0 Å². The Morgan fingerprint density at radius 3 is 2.65 bits per heavy atom. The van der Waals surface area contributed by atoms with Crippen LogP contribution >= 0.6 is 11.6 Å². The first kappa shape index (κ1) is 14.5. The smallest absolute Gasteiger partial charge is 0.0637 e. The molecule has 17 heavy (non-hydrogen) atoms. The quantitative estimate of drug-likeness (QED) is 0.695. The van der Waals surface area contributed by atoms with Crippen LogP contribution < -0.4 is 5.73 Å². The van der Waals surface area contributed by atoms with Crippen LogP contribution in [0.15, 0.2) is 18.5 Å². The molecule has 0 spiro atoms. The van der Waals surface area contributed by atoms with Gasteiger partial charge in [-0.3, -0.25) is 4.98 Å². The lowest BCUT2D eigenvalue weighted by Gasteiger charge is -2.12. The number of hydrogen-bond acceptors (Lipinski definition) is 2. The van der Waals surface area contributed by atoms with Crippen molar-refractivity contribution in [2.24, 2.45) is 5.73 Å². The van der Waals surface area contributed by atoms with E-state index in [4.69, 9.17) is 17.3 Å². The summed E-state index contributed by atoms with van der Waals surface area (Å²) in [7, 11) is 0. The molecule has 1 aromatic rings. The fourth-order valence-corrected chi connectivity index (χ4v) is 2.25. The van der Waals surface area contributed by atoms with Crippen LogP contribution in [0.3, 0.4) is 0 Å². The highest BCUT2D eigenvalue weighted by molar-refractivity contribution is 6.31. The van der Waals surface area contributed by atoms with Crippen molar-refractivity contribution < 1.29 is 0 Å². The average molecular weight is 255 g/mol. The van der Waals surface area contributed by atoms with Gasteiger partial charge in [0.25, 0.3) is 0 Å². The van der Waals surface area contributed by atoms with Crippen LogP contribution in [0, 0.1) is 0 Å². The standard InChI is InChI=1S/C14H23ClN2/c1-2-3-4-5-6-7-8-14(16)12-9-10-17-11-13(12)15/h9-11,14H,2-8,16H2,1H3. The maximum Gasteiger partial charge on any atom is 0.0637 e. The third kappa shape index (κ3) is 5.51. The van der Waals surface area contributed by atoms with Gasteiger partial charge in [-0.25, -0.2) is 0 Å². The molecule has 1 atom stereocenters. The predicted molar refractivity (Wildman–Crippen MR) is 74.2 cm³/mol. The van der Waals surface area contributed by atoms with E-state index < -0.39 is 0 Å². The van der Waals surface area contributed by atoms with Crippen molar-refractivity contribution in [3.8, 4) is 0 Å². The van der Waals surface area contributed by atoms with Gasteiger partial charge >= 0.3 is 0 Å². The summed E-state index contributed by atoms with van der Waals surface area (Å²) < 4.78 is 0. The molecule has 0 radical (unpaired) electrons. The summed E-state index contributed by atoms with van der Waals surface area (Å²) in [5.74, 6) is 0. The van der Waals surface area contributed by atoms with Crippen molar-refractivity contribution in [2.75, 3.05) is 0 Å². The van der Waals surface area contributed by atoms with Crippen molar-refractivity contribution in [1.82, 2.24) is 4.98 Å². The normalized spacial score (nSPS) is 12.6. The summed E-state index contributed by atoms with van der Waals surface area (Å²) in [6.07, 6.45) is 12.2. The van der Waals surface area contributed by atoms with Gasteiger partial charge in [-0.1, -0.05) is 57.0 Å². The van der Waals surface area contributed by atoms with Crippen LogP contribution in [0.1, 0.15) is 63.5 Å². The number of unbranched alkanes of at least 4 members (excludes halogenated alkanes) is 5. The number of halogens is 1. The molecule has 0 fully saturated rings. The molecule has 2 nitrogen and oxygen atoms in total. The van der Waals surface area contributed by atoms with E-state index in [1.807, 2.05) is 6.07 Å². The Labute approximate surface area is 110 Å².